The minimum atomic E-state index is -0.149. The normalized spacial score (nSPS) is 10.5. The molecule has 124 valence electrons. The van der Waals surface area contributed by atoms with Gasteiger partial charge in [-0.2, -0.15) is 5.10 Å². The van der Waals surface area contributed by atoms with E-state index in [1.807, 2.05) is 41.8 Å². The van der Waals surface area contributed by atoms with Crippen LogP contribution in [0.1, 0.15) is 22.5 Å². The van der Waals surface area contributed by atoms with E-state index in [-0.39, 0.29) is 5.91 Å². The number of aromatic amines is 1. The molecule has 1 amide bonds. The van der Waals surface area contributed by atoms with Crippen LogP contribution in [-0.4, -0.2) is 29.8 Å². The fourth-order valence-corrected chi connectivity index (χ4v) is 3.07. The first-order valence-corrected chi connectivity index (χ1v) is 8.64. The molecule has 2 heterocycles. The predicted octanol–water partition coefficient (Wildman–Crippen LogP) is 3.51. The van der Waals surface area contributed by atoms with Crippen LogP contribution in [0.4, 0.5) is 0 Å². The van der Waals surface area contributed by atoms with Crippen molar-refractivity contribution in [2.24, 2.45) is 0 Å². The lowest BCUT2D eigenvalue weighted by atomic mass is 10.1. The molecule has 6 heteroatoms. The predicted molar refractivity (Wildman–Crippen MR) is 95.5 cm³/mol. The van der Waals surface area contributed by atoms with Gasteiger partial charge in [-0.05, 0) is 48.1 Å². The number of aromatic nitrogens is 2. The van der Waals surface area contributed by atoms with Crippen molar-refractivity contribution in [3.05, 3.63) is 59.1 Å². The van der Waals surface area contributed by atoms with Gasteiger partial charge in [0.25, 0.3) is 5.91 Å². The van der Waals surface area contributed by atoms with Crippen molar-refractivity contribution >= 4 is 17.2 Å². The largest absolute Gasteiger partial charge is 0.497 e. The van der Waals surface area contributed by atoms with Gasteiger partial charge in [0, 0.05) is 6.54 Å². The fraction of sp³-hybridized carbons (Fsp3) is 0.222. The van der Waals surface area contributed by atoms with E-state index in [9.17, 15) is 4.79 Å². The number of hydrogen-bond acceptors (Lipinski definition) is 4. The Morgan fingerprint density at radius 1 is 1.29 bits per heavy atom. The molecule has 0 aliphatic rings. The van der Waals surface area contributed by atoms with Gasteiger partial charge in [-0.1, -0.05) is 18.2 Å². The van der Waals surface area contributed by atoms with E-state index in [4.69, 9.17) is 4.74 Å². The number of thiophene rings is 1. The second-order valence-corrected chi connectivity index (χ2v) is 6.30. The summed E-state index contributed by atoms with van der Waals surface area (Å²) in [5.74, 6) is 0.705. The Labute approximate surface area is 144 Å². The molecule has 0 spiro atoms. The third kappa shape index (κ3) is 4.02. The number of methoxy groups -OCH3 is 1. The van der Waals surface area contributed by atoms with Crippen molar-refractivity contribution in [1.29, 1.82) is 0 Å². The highest BCUT2D eigenvalue weighted by Crippen LogP contribution is 2.22. The zero-order chi connectivity index (χ0) is 16.8. The number of hydrogen-bond donors (Lipinski definition) is 2. The van der Waals surface area contributed by atoms with Gasteiger partial charge in [0.05, 0.1) is 17.7 Å². The van der Waals surface area contributed by atoms with Crippen molar-refractivity contribution in [3.8, 4) is 16.3 Å². The molecule has 0 aliphatic carbocycles. The van der Waals surface area contributed by atoms with E-state index in [0.717, 1.165) is 29.2 Å². The minimum Gasteiger partial charge on any atom is -0.497 e. The third-order valence-electron chi connectivity index (χ3n) is 3.68. The molecule has 3 aromatic rings. The number of carbonyl (C=O) groups is 1. The summed E-state index contributed by atoms with van der Waals surface area (Å²) >= 11 is 1.61. The van der Waals surface area contributed by atoms with Crippen molar-refractivity contribution in [1.82, 2.24) is 15.5 Å². The minimum absolute atomic E-state index is 0.149. The lowest BCUT2D eigenvalue weighted by molar-refractivity contribution is 0.0948. The van der Waals surface area contributed by atoms with E-state index in [1.54, 1.807) is 24.5 Å². The maximum Gasteiger partial charge on any atom is 0.271 e. The van der Waals surface area contributed by atoms with Crippen LogP contribution in [0, 0.1) is 0 Å². The molecule has 2 N–H and O–H groups in total. The van der Waals surface area contributed by atoms with Gasteiger partial charge in [0.15, 0.2) is 5.69 Å². The summed E-state index contributed by atoms with van der Waals surface area (Å²) in [6.45, 7) is 0.617. The number of nitrogens with zero attached hydrogens (tertiary/aromatic N) is 1. The van der Waals surface area contributed by atoms with E-state index >= 15 is 0 Å². The Hall–Kier alpha value is -2.60. The highest BCUT2D eigenvalue weighted by Gasteiger charge is 2.11. The number of carbonyl (C=O) groups excluding carboxylic acids is 1. The second-order valence-electron chi connectivity index (χ2n) is 5.35. The first-order chi connectivity index (χ1) is 11.8. The van der Waals surface area contributed by atoms with Crippen molar-refractivity contribution in [2.45, 2.75) is 12.8 Å². The molecule has 0 bridgehead atoms. The van der Waals surface area contributed by atoms with Crippen molar-refractivity contribution in [3.63, 3.8) is 0 Å². The zero-order valence-corrected chi connectivity index (χ0v) is 14.2. The lowest BCUT2D eigenvalue weighted by Crippen LogP contribution is -2.25. The van der Waals surface area contributed by atoms with E-state index in [1.165, 1.54) is 5.56 Å². The number of nitrogens with one attached hydrogen (secondary N) is 2. The molecular formula is C18H19N3O2S. The van der Waals surface area contributed by atoms with Crippen molar-refractivity contribution < 1.29 is 9.53 Å². The monoisotopic (exact) mass is 341 g/mol. The van der Waals surface area contributed by atoms with Gasteiger partial charge in [-0.15, -0.1) is 11.3 Å². The van der Waals surface area contributed by atoms with Crippen LogP contribution in [-0.2, 0) is 6.42 Å². The van der Waals surface area contributed by atoms with Crippen LogP contribution >= 0.6 is 11.3 Å². The molecule has 24 heavy (non-hydrogen) atoms. The van der Waals surface area contributed by atoms with Crippen molar-refractivity contribution in [2.75, 3.05) is 13.7 Å². The quantitative estimate of drug-likeness (QED) is 0.646. The Balaban J connectivity index is 1.45. The van der Waals surface area contributed by atoms with Crippen LogP contribution < -0.4 is 10.1 Å². The molecule has 0 atom stereocenters. The van der Waals surface area contributed by atoms with Gasteiger partial charge in [0.2, 0.25) is 0 Å². The fourth-order valence-electron chi connectivity index (χ4n) is 2.37. The van der Waals surface area contributed by atoms with Crippen LogP contribution in [0.15, 0.2) is 47.8 Å². The second kappa shape index (κ2) is 7.79. The number of rotatable bonds is 7. The SMILES string of the molecule is COc1ccc(CCCNC(=O)c2cc(-c3cccs3)[nH]n2)cc1. The molecule has 0 aliphatic heterocycles. The molecule has 0 saturated heterocycles. The van der Waals surface area contributed by atoms with Gasteiger partial charge in [0.1, 0.15) is 5.75 Å². The zero-order valence-electron chi connectivity index (χ0n) is 13.4. The summed E-state index contributed by atoms with van der Waals surface area (Å²) in [6.07, 6.45) is 1.78. The molecule has 0 saturated carbocycles. The first kappa shape index (κ1) is 16.3. The number of aryl methyl sites for hydroxylation is 1. The standard InChI is InChI=1S/C18H19N3O2S/c1-23-14-8-6-13(7-9-14)4-2-10-19-18(22)16-12-15(20-21-16)17-5-3-11-24-17/h3,5-9,11-12H,2,4,10H2,1H3,(H,19,22)(H,20,21). The van der Waals surface area contributed by atoms with Gasteiger partial charge < -0.3 is 10.1 Å². The van der Waals surface area contributed by atoms with Gasteiger partial charge in [-0.3, -0.25) is 9.89 Å². The Bertz CT molecular complexity index is 779. The highest BCUT2D eigenvalue weighted by molar-refractivity contribution is 7.13. The number of H-pyrrole nitrogens is 1. The van der Waals surface area contributed by atoms with Crippen LogP contribution in [0.3, 0.4) is 0 Å². The Morgan fingerprint density at radius 2 is 2.12 bits per heavy atom. The highest BCUT2D eigenvalue weighted by atomic mass is 32.1. The Kier molecular flexibility index (Phi) is 5.28. The summed E-state index contributed by atoms with van der Waals surface area (Å²) in [6, 6.07) is 13.7. The van der Waals surface area contributed by atoms with Crippen LogP contribution in [0.5, 0.6) is 5.75 Å². The van der Waals surface area contributed by atoms with E-state index < -0.39 is 0 Å². The summed E-state index contributed by atoms with van der Waals surface area (Å²) < 4.78 is 5.14. The third-order valence-corrected chi connectivity index (χ3v) is 4.59. The molecule has 2 aromatic heterocycles. The maximum atomic E-state index is 12.1. The number of ether oxygens (including phenoxy) is 1. The molecular weight excluding hydrogens is 322 g/mol. The number of amides is 1. The summed E-state index contributed by atoms with van der Waals surface area (Å²) in [7, 11) is 1.66. The summed E-state index contributed by atoms with van der Waals surface area (Å²) in [5.41, 5.74) is 2.51. The number of benzene rings is 1. The van der Waals surface area contributed by atoms with Crippen LogP contribution in [0.25, 0.3) is 10.6 Å². The molecule has 0 fully saturated rings. The topological polar surface area (TPSA) is 67.0 Å². The summed E-state index contributed by atoms with van der Waals surface area (Å²) in [4.78, 5) is 13.2. The van der Waals surface area contributed by atoms with Gasteiger partial charge >= 0.3 is 0 Å². The smallest absolute Gasteiger partial charge is 0.271 e. The van der Waals surface area contributed by atoms with Gasteiger partial charge in [-0.25, -0.2) is 0 Å². The molecule has 5 nitrogen and oxygen atoms in total. The lowest BCUT2D eigenvalue weighted by Gasteiger charge is -2.05. The molecule has 1 aromatic carbocycles. The average Bonchev–Trinajstić information content (AvgIpc) is 3.30. The van der Waals surface area contributed by atoms with E-state index in [0.29, 0.717) is 12.2 Å². The molecule has 3 rings (SSSR count). The molecule has 0 radical (unpaired) electrons. The van der Waals surface area contributed by atoms with E-state index in [2.05, 4.69) is 15.5 Å². The average molecular weight is 341 g/mol. The molecule has 0 unspecified atom stereocenters. The Morgan fingerprint density at radius 3 is 2.83 bits per heavy atom. The maximum absolute atomic E-state index is 12.1. The summed E-state index contributed by atoms with van der Waals surface area (Å²) in [5, 5.41) is 11.9. The first-order valence-electron chi connectivity index (χ1n) is 7.76. The van der Waals surface area contributed by atoms with Crippen LogP contribution in [0.2, 0.25) is 0 Å².